The molecule has 0 fully saturated rings. The van der Waals surface area contributed by atoms with Gasteiger partial charge >= 0.3 is 5.69 Å². The maximum Gasteiger partial charge on any atom is 0.311 e. The molecular weight excluding hydrogens is 264 g/mol. The summed E-state index contributed by atoms with van der Waals surface area (Å²) in [6, 6.07) is 4.38. The molecule has 20 heavy (non-hydrogen) atoms. The zero-order valence-electron chi connectivity index (χ0n) is 10.6. The van der Waals surface area contributed by atoms with Crippen LogP contribution in [0.5, 0.6) is 5.75 Å². The summed E-state index contributed by atoms with van der Waals surface area (Å²) < 4.78 is 5.19. The second-order valence-electron chi connectivity index (χ2n) is 3.89. The first kappa shape index (κ1) is 13.5. The Kier molecular flexibility index (Phi) is 3.65. The number of aromatic nitrogens is 2. The highest BCUT2D eigenvalue weighted by Crippen LogP contribution is 2.33. The first-order chi connectivity index (χ1) is 9.58. The van der Waals surface area contributed by atoms with Crippen molar-refractivity contribution < 1.29 is 14.5 Å². The molecule has 2 aromatic rings. The van der Waals surface area contributed by atoms with Crippen LogP contribution in [0.3, 0.4) is 0 Å². The Balaban J connectivity index is 2.55. The largest absolute Gasteiger partial charge is 0.487 e. The number of benzene rings is 1. The highest BCUT2D eigenvalue weighted by Gasteiger charge is 2.19. The fourth-order valence-corrected chi connectivity index (χ4v) is 1.80. The van der Waals surface area contributed by atoms with Gasteiger partial charge in [0.25, 0.3) is 0 Å². The number of nitrogens with zero attached hydrogens (tertiary/aromatic N) is 2. The summed E-state index contributed by atoms with van der Waals surface area (Å²) in [5.74, 6) is 0.216. The number of hydrogen-bond acceptors (Lipinski definition) is 6. The number of anilines is 1. The van der Waals surface area contributed by atoms with E-state index < -0.39 is 4.92 Å². The van der Waals surface area contributed by atoms with Gasteiger partial charge in [0.05, 0.1) is 22.8 Å². The summed E-state index contributed by atoms with van der Waals surface area (Å²) in [5, 5.41) is 17.4. The van der Waals surface area contributed by atoms with E-state index in [-0.39, 0.29) is 22.8 Å². The first-order valence-electron chi connectivity index (χ1n) is 5.79. The number of hydrogen-bond donors (Lipinski definition) is 2. The molecule has 0 bridgehead atoms. The SMILES string of the molecule is CCOc1ccc(-c2[nH]nc(N)c2C=O)cc1[N+](=O)[O-]. The van der Waals surface area contributed by atoms with Crippen molar-refractivity contribution in [1.82, 2.24) is 10.2 Å². The average molecular weight is 276 g/mol. The number of aldehydes is 1. The lowest BCUT2D eigenvalue weighted by Gasteiger charge is -2.06. The molecule has 0 radical (unpaired) electrons. The van der Waals surface area contributed by atoms with Gasteiger partial charge in [0.15, 0.2) is 17.9 Å². The van der Waals surface area contributed by atoms with E-state index >= 15 is 0 Å². The van der Waals surface area contributed by atoms with Gasteiger partial charge in [0, 0.05) is 11.6 Å². The number of carbonyl (C=O) groups excluding carboxylic acids is 1. The molecule has 0 aliphatic heterocycles. The van der Waals surface area contributed by atoms with Crippen LogP contribution in [0, 0.1) is 10.1 Å². The Morgan fingerprint density at radius 3 is 2.90 bits per heavy atom. The highest BCUT2D eigenvalue weighted by atomic mass is 16.6. The van der Waals surface area contributed by atoms with E-state index in [0.717, 1.165) is 0 Å². The van der Waals surface area contributed by atoms with Crippen molar-refractivity contribution >= 4 is 17.8 Å². The van der Waals surface area contributed by atoms with Crippen LogP contribution in [0.4, 0.5) is 11.5 Å². The molecule has 0 atom stereocenters. The number of H-pyrrole nitrogens is 1. The molecule has 1 aromatic carbocycles. The molecule has 0 aliphatic rings. The lowest BCUT2D eigenvalue weighted by Crippen LogP contribution is -1.98. The predicted octanol–water partition coefficient (Wildman–Crippen LogP) is 1.78. The molecule has 0 amide bonds. The van der Waals surface area contributed by atoms with Crippen molar-refractivity contribution in [2.75, 3.05) is 12.3 Å². The summed E-state index contributed by atoms with van der Waals surface area (Å²) in [4.78, 5) is 21.5. The fraction of sp³-hybridized carbons (Fsp3) is 0.167. The Bertz CT molecular complexity index is 665. The molecule has 2 rings (SSSR count). The van der Waals surface area contributed by atoms with Crippen LogP contribution in [0.15, 0.2) is 18.2 Å². The van der Waals surface area contributed by atoms with Crippen LogP contribution in [0.2, 0.25) is 0 Å². The van der Waals surface area contributed by atoms with Crippen LogP contribution in [-0.2, 0) is 0 Å². The summed E-state index contributed by atoms with van der Waals surface area (Å²) in [7, 11) is 0. The average Bonchev–Trinajstić information content (AvgIpc) is 2.80. The summed E-state index contributed by atoms with van der Waals surface area (Å²) in [6.07, 6.45) is 0.552. The Morgan fingerprint density at radius 1 is 1.55 bits per heavy atom. The third-order valence-electron chi connectivity index (χ3n) is 2.70. The maximum absolute atomic E-state index is 11.0. The van der Waals surface area contributed by atoms with Gasteiger partial charge in [0.1, 0.15) is 0 Å². The molecule has 0 unspecified atom stereocenters. The number of ether oxygens (including phenoxy) is 1. The second kappa shape index (κ2) is 5.39. The summed E-state index contributed by atoms with van der Waals surface area (Å²) >= 11 is 0. The van der Waals surface area contributed by atoms with Gasteiger partial charge in [-0.2, -0.15) is 5.10 Å². The van der Waals surface area contributed by atoms with Crippen molar-refractivity contribution in [3.8, 4) is 17.0 Å². The number of aromatic amines is 1. The standard InChI is InChI=1S/C12H12N4O4/c1-2-20-10-4-3-7(5-9(10)16(18)19)11-8(6-17)12(13)15-14-11/h3-6H,2H2,1H3,(H3,13,14,15). The number of nitrogen functional groups attached to an aromatic ring is 1. The Labute approximate surface area is 113 Å². The van der Waals surface area contributed by atoms with E-state index in [9.17, 15) is 14.9 Å². The van der Waals surface area contributed by atoms with Crippen LogP contribution in [0.25, 0.3) is 11.3 Å². The van der Waals surface area contributed by atoms with E-state index in [2.05, 4.69) is 10.2 Å². The number of nitro benzene ring substituents is 1. The Morgan fingerprint density at radius 2 is 2.30 bits per heavy atom. The number of rotatable bonds is 5. The summed E-state index contributed by atoms with van der Waals surface area (Å²) in [5.41, 5.74) is 6.29. The lowest BCUT2D eigenvalue weighted by molar-refractivity contribution is -0.385. The molecule has 0 saturated heterocycles. The van der Waals surface area contributed by atoms with Crippen LogP contribution in [0.1, 0.15) is 17.3 Å². The minimum absolute atomic E-state index is 0.0477. The highest BCUT2D eigenvalue weighted by molar-refractivity contribution is 5.91. The van der Waals surface area contributed by atoms with Crippen molar-refractivity contribution in [3.63, 3.8) is 0 Å². The second-order valence-corrected chi connectivity index (χ2v) is 3.89. The predicted molar refractivity (Wildman–Crippen MR) is 71.6 cm³/mol. The van der Waals surface area contributed by atoms with Crippen LogP contribution in [-0.4, -0.2) is 28.0 Å². The van der Waals surface area contributed by atoms with Crippen LogP contribution < -0.4 is 10.5 Å². The molecular formula is C12H12N4O4. The number of nitrogens with one attached hydrogen (secondary N) is 1. The zero-order valence-corrected chi connectivity index (χ0v) is 10.6. The molecule has 3 N–H and O–H groups in total. The quantitative estimate of drug-likeness (QED) is 0.487. The van der Waals surface area contributed by atoms with E-state index in [1.807, 2.05) is 0 Å². The minimum Gasteiger partial charge on any atom is -0.487 e. The monoisotopic (exact) mass is 276 g/mol. The van der Waals surface area contributed by atoms with Crippen LogP contribution >= 0.6 is 0 Å². The topological polar surface area (TPSA) is 124 Å². The van der Waals surface area contributed by atoms with Gasteiger partial charge in [-0.05, 0) is 19.1 Å². The number of nitro groups is 1. The van der Waals surface area contributed by atoms with Gasteiger partial charge in [-0.15, -0.1) is 0 Å². The summed E-state index contributed by atoms with van der Waals surface area (Å²) in [6.45, 7) is 2.05. The normalized spacial score (nSPS) is 10.2. The molecule has 1 aromatic heterocycles. The smallest absolute Gasteiger partial charge is 0.311 e. The lowest BCUT2D eigenvalue weighted by atomic mass is 10.1. The molecule has 8 heteroatoms. The Hall–Kier alpha value is -2.90. The molecule has 8 nitrogen and oxygen atoms in total. The molecule has 104 valence electrons. The van der Waals surface area contributed by atoms with E-state index in [0.29, 0.717) is 24.2 Å². The minimum atomic E-state index is -0.547. The first-order valence-corrected chi connectivity index (χ1v) is 5.79. The van der Waals surface area contributed by atoms with Crippen molar-refractivity contribution in [2.24, 2.45) is 0 Å². The van der Waals surface area contributed by atoms with Crippen molar-refractivity contribution in [1.29, 1.82) is 0 Å². The number of nitrogens with two attached hydrogens (primary N) is 1. The molecule has 0 aliphatic carbocycles. The van der Waals surface area contributed by atoms with Gasteiger partial charge in [-0.1, -0.05) is 0 Å². The van der Waals surface area contributed by atoms with Gasteiger partial charge in [-0.25, -0.2) is 0 Å². The van der Waals surface area contributed by atoms with Crippen molar-refractivity contribution in [3.05, 3.63) is 33.9 Å². The molecule has 0 spiro atoms. The van der Waals surface area contributed by atoms with Gasteiger partial charge in [-0.3, -0.25) is 20.0 Å². The zero-order chi connectivity index (χ0) is 14.7. The fourth-order valence-electron chi connectivity index (χ4n) is 1.80. The third kappa shape index (κ3) is 2.30. The van der Waals surface area contributed by atoms with E-state index in [1.165, 1.54) is 12.1 Å². The molecule has 0 saturated carbocycles. The third-order valence-corrected chi connectivity index (χ3v) is 2.70. The van der Waals surface area contributed by atoms with Crippen molar-refractivity contribution in [2.45, 2.75) is 6.92 Å². The number of carbonyl (C=O) groups is 1. The van der Waals surface area contributed by atoms with E-state index in [1.54, 1.807) is 13.0 Å². The maximum atomic E-state index is 11.0. The van der Waals surface area contributed by atoms with E-state index in [4.69, 9.17) is 10.5 Å². The van der Waals surface area contributed by atoms with Gasteiger partial charge < -0.3 is 10.5 Å². The molecule has 1 heterocycles. The van der Waals surface area contributed by atoms with Gasteiger partial charge in [0.2, 0.25) is 0 Å².